The molecule has 0 N–H and O–H groups in total. The van der Waals surface area contributed by atoms with Crippen LogP contribution in [0.1, 0.15) is 13.3 Å². The molecular formula is C8H20OS. The van der Waals surface area contributed by atoms with E-state index in [4.69, 9.17) is 4.74 Å². The van der Waals surface area contributed by atoms with Gasteiger partial charge in [-0.05, 0) is 30.4 Å². The van der Waals surface area contributed by atoms with Crippen LogP contribution in [-0.4, -0.2) is 37.7 Å². The van der Waals surface area contributed by atoms with E-state index >= 15 is 0 Å². The molecule has 0 aliphatic heterocycles. The van der Waals surface area contributed by atoms with E-state index in [1.54, 1.807) is 7.11 Å². The minimum atomic E-state index is -0.272. The Kier molecular flexibility index (Phi) is 5.18. The van der Waals surface area contributed by atoms with Crippen molar-refractivity contribution >= 4 is 10.0 Å². The van der Waals surface area contributed by atoms with Crippen LogP contribution in [0.15, 0.2) is 0 Å². The van der Waals surface area contributed by atoms with E-state index < -0.39 is 0 Å². The van der Waals surface area contributed by atoms with E-state index in [0.29, 0.717) is 0 Å². The van der Waals surface area contributed by atoms with Crippen LogP contribution >= 0.6 is 10.0 Å². The zero-order valence-electron chi connectivity index (χ0n) is 7.64. The zero-order chi connectivity index (χ0) is 8.04. The van der Waals surface area contributed by atoms with Crippen LogP contribution in [0.2, 0.25) is 0 Å². The van der Waals surface area contributed by atoms with E-state index in [0.717, 1.165) is 6.61 Å². The third kappa shape index (κ3) is 5.12. The molecule has 0 heterocycles. The van der Waals surface area contributed by atoms with Gasteiger partial charge in [0.2, 0.25) is 0 Å². The maximum atomic E-state index is 5.00. The Bertz CT molecular complexity index is 81.3. The molecule has 0 saturated carbocycles. The Labute approximate surface area is 66.5 Å². The molecule has 0 rings (SSSR count). The fourth-order valence-electron chi connectivity index (χ4n) is 0.738. The zero-order valence-corrected chi connectivity index (χ0v) is 8.46. The Balaban J connectivity index is 3.28. The van der Waals surface area contributed by atoms with Crippen molar-refractivity contribution in [2.24, 2.45) is 0 Å². The van der Waals surface area contributed by atoms with Gasteiger partial charge < -0.3 is 4.74 Å². The highest BCUT2D eigenvalue weighted by Gasteiger charge is 2.06. The van der Waals surface area contributed by atoms with Gasteiger partial charge in [0.05, 0.1) is 0 Å². The third-order valence-corrected chi connectivity index (χ3v) is 4.78. The van der Waals surface area contributed by atoms with Crippen molar-refractivity contribution in [1.82, 2.24) is 0 Å². The summed E-state index contributed by atoms with van der Waals surface area (Å²) in [6.07, 6.45) is 6.01. The lowest BCUT2D eigenvalue weighted by atomic mass is 10.5. The summed E-state index contributed by atoms with van der Waals surface area (Å²) in [4.78, 5) is 0. The highest BCUT2D eigenvalue weighted by atomic mass is 32.3. The lowest BCUT2D eigenvalue weighted by Gasteiger charge is -2.29. The van der Waals surface area contributed by atoms with Crippen molar-refractivity contribution in [3.63, 3.8) is 0 Å². The molecular weight excluding hydrogens is 144 g/mol. The number of hydrogen-bond acceptors (Lipinski definition) is 1. The minimum Gasteiger partial charge on any atom is -0.385 e. The second-order valence-corrected chi connectivity index (χ2v) is 7.63. The lowest BCUT2D eigenvalue weighted by molar-refractivity contribution is 0.200. The number of rotatable bonds is 5. The third-order valence-electron chi connectivity index (χ3n) is 1.83. The van der Waals surface area contributed by atoms with Crippen LogP contribution < -0.4 is 0 Å². The van der Waals surface area contributed by atoms with Gasteiger partial charge in [0.25, 0.3) is 0 Å². The molecule has 2 heteroatoms. The molecule has 0 spiro atoms. The molecule has 0 aromatic heterocycles. The summed E-state index contributed by atoms with van der Waals surface area (Å²) in [5.41, 5.74) is 0. The van der Waals surface area contributed by atoms with Gasteiger partial charge in [-0.25, -0.2) is 10.0 Å². The normalized spacial score (nSPS) is 13.6. The van der Waals surface area contributed by atoms with Gasteiger partial charge in [-0.15, -0.1) is 0 Å². The summed E-state index contributed by atoms with van der Waals surface area (Å²) >= 11 is 0. The average Bonchev–Trinajstić information content (AvgIpc) is 1.89. The SMILES string of the molecule is CCS(C)(C)CCCOC. The van der Waals surface area contributed by atoms with Gasteiger partial charge in [0, 0.05) is 13.7 Å². The summed E-state index contributed by atoms with van der Waals surface area (Å²) < 4.78 is 5.00. The molecule has 0 unspecified atom stereocenters. The van der Waals surface area contributed by atoms with E-state index in [9.17, 15) is 0 Å². The van der Waals surface area contributed by atoms with Crippen molar-refractivity contribution < 1.29 is 4.74 Å². The standard InChI is InChI=1S/C8H20OS/c1-5-10(3,4)8-6-7-9-2/h5-8H2,1-4H3. The molecule has 0 amide bonds. The Hall–Kier alpha value is 0.310. The van der Waals surface area contributed by atoms with Gasteiger partial charge in [-0.1, -0.05) is 6.92 Å². The number of hydrogen-bond donors (Lipinski definition) is 0. The highest BCUT2D eigenvalue weighted by Crippen LogP contribution is 2.39. The molecule has 0 fully saturated rings. The monoisotopic (exact) mass is 164 g/mol. The second-order valence-electron chi connectivity index (χ2n) is 3.11. The molecule has 0 radical (unpaired) electrons. The smallest absolute Gasteiger partial charge is 0.0469 e. The Morgan fingerprint density at radius 2 is 1.90 bits per heavy atom. The van der Waals surface area contributed by atoms with Crippen molar-refractivity contribution in [2.45, 2.75) is 13.3 Å². The van der Waals surface area contributed by atoms with Crippen LogP contribution in [0.3, 0.4) is 0 Å². The maximum Gasteiger partial charge on any atom is 0.0469 e. The summed E-state index contributed by atoms with van der Waals surface area (Å²) in [5.74, 6) is 2.70. The number of ether oxygens (including phenoxy) is 1. The molecule has 0 aliphatic carbocycles. The van der Waals surface area contributed by atoms with Gasteiger partial charge in [-0.3, -0.25) is 0 Å². The fourth-order valence-corrected chi connectivity index (χ4v) is 1.93. The lowest BCUT2D eigenvalue weighted by Crippen LogP contribution is -2.05. The van der Waals surface area contributed by atoms with Crippen molar-refractivity contribution in [3.05, 3.63) is 0 Å². The number of methoxy groups -OCH3 is 1. The van der Waals surface area contributed by atoms with E-state index in [-0.39, 0.29) is 10.0 Å². The first-order chi connectivity index (χ1) is 4.62. The summed E-state index contributed by atoms with van der Waals surface area (Å²) in [5, 5.41) is 0. The van der Waals surface area contributed by atoms with Gasteiger partial charge >= 0.3 is 0 Å². The molecule has 0 aliphatic rings. The van der Waals surface area contributed by atoms with Crippen molar-refractivity contribution in [3.8, 4) is 0 Å². The molecule has 10 heavy (non-hydrogen) atoms. The molecule has 0 aromatic carbocycles. The summed E-state index contributed by atoms with van der Waals surface area (Å²) in [6, 6.07) is 0. The minimum absolute atomic E-state index is 0.272. The molecule has 0 bridgehead atoms. The van der Waals surface area contributed by atoms with E-state index in [2.05, 4.69) is 19.4 Å². The van der Waals surface area contributed by atoms with Gasteiger partial charge in [0.15, 0.2) is 0 Å². The molecule has 0 saturated heterocycles. The largest absolute Gasteiger partial charge is 0.385 e. The van der Waals surface area contributed by atoms with E-state index in [1.165, 1.54) is 17.9 Å². The van der Waals surface area contributed by atoms with Crippen LogP contribution in [0.25, 0.3) is 0 Å². The summed E-state index contributed by atoms with van der Waals surface area (Å²) in [6.45, 7) is 3.21. The van der Waals surface area contributed by atoms with Crippen LogP contribution in [-0.2, 0) is 4.74 Å². The van der Waals surface area contributed by atoms with E-state index in [1.807, 2.05) is 0 Å². The molecule has 1 nitrogen and oxygen atoms in total. The fraction of sp³-hybridized carbons (Fsp3) is 1.00. The first-order valence-electron chi connectivity index (χ1n) is 3.80. The Morgan fingerprint density at radius 1 is 1.30 bits per heavy atom. The van der Waals surface area contributed by atoms with Gasteiger partial charge in [0.1, 0.15) is 0 Å². The maximum absolute atomic E-state index is 5.00. The quantitative estimate of drug-likeness (QED) is 0.565. The predicted molar refractivity (Wildman–Crippen MR) is 51.3 cm³/mol. The molecule has 0 aromatic rings. The first kappa shape index (κ1) is 10.3. The average molecular weight is 164 g/mol. The molecule has 0 atom stereocenters. The van der Waals surface area contributed by atoms with Crippen LogP contribution in [0, 0.1) is 0 Å². The van der Waals surface area contributed by atoms with Crippen LogP contribution in [0.5, 0.6) is 0 Å². The summed E-state index contributed by atoms with van der Waals surface area (Å²) in [7, 11) is 1.50. The highest BCUT2D eigenvalue weighted by molar-refractivity contribution is 8.32. The van der Waals surface area contributed by atoms with Crippen LogP contribution in [0.4, 0.5) is 0 Å². The second kappa shape index (κ2) is 5.03. The Morgan fingerprint density at radius 3 is 2.30 bits per heavy atom. The first-order valence-corrected chi connectivity index (χ1v) is 6.59. The topological polar surface area (TPSA) is 9.23 Å². The predicted octanol–water partition coefficient (Wildman–Crippen LogP) is 2.11. The van der Waals surface area contributed by atoms with Crippen molar-refractivity contribution in [1.29, 1.82) is 0 Å². The van der Waals surface area contributed by atoms with Crippen molar-refractivity contribution in [2.75, 3.05) is 37.7 Å². The molecule has 64 valence electrons. The van der Waals surface area contributed by atoms with Gasteiger partial charge in [-0.2, -0.15) is 0 Å².